The average Bonchev–Trinajstić information content (AvgIpc) is 2.82. The van der Waals surface area contributed by atoms with Crippen LogP contribution in [0, 0.1) is 0 Å². The Hall–Kier alpha value is -0.690. The van der Waals surface area contributed by atoms with Gasteiger partial charge in [0, 0.05) is 24.5 Å². The molecule has 0 unspecified atom stereocenters. The summed E-state index contributed by atoms with van der Waals surface area (Å²) >= 11 is 1.32. The van der Waals surface area contributed by atoms with Crippen molar-refractivity contribution in [1.29, 1.82) is 0 Å². The molecule has 0 saturated carbocycles. The van der Waals surface area contributed by atoms with Crippen molar-refractivity contribution >= 4 is 21.4 Å². The van der Waals surface area contributed by atoms with E-state index in [0.717, 1.165) is 11.4 Å². The van der Waals surface area contributed by atoms with Crippen LogP contribution < -0.4 is 5.32 Å². The molecule has 0 fully saturated rings. The Morgan fingerprint density at radius 1 is 1.44 bits per heavy atom. The van der Waals surface area contributed by atoms with E-state index in [1.807, 2.05) is 19.9 Å². The van der Waals surface area contributed by atoms with Crippen LogP contribution in [0.25, 0.3) is 0 Å². The molecule has 0 aliphatic carbocycles. The molecule has 6 heteroatoms. The Morgan fingerprint density at radius 2 is 2.17 bits per heavy atom. The monoisotopic (exact) mass is 288 g/mol. The van der Waals surface area contributed by atoms with Crippen molar-refractivity contribution in [2.75, 3.05) is 19.6 Å². The van der Waals surface area contributed by atoms with Gasteiger partial charge in [-0.1, -0.05) is 19.9 Å². The maximum atomic E-state index is 12.3. The lowest BCUT2D eigenvalue weighted by Gasteiger charge is -2.17. The lowest BCUT2D eigenvalue weighted by Crippen LogP contribution is -2.30. The number of hydrogen-bond acceptors (Lipinski definition) is 4. The van der Waals surface area contributed by atoms with Gasteiger partial charge in [-0.3, -0.25) is 0 Å². The minimum absolute atomic E-state index is 0.347. The molecular formula is C12H20N2O2S2. The highest BCUT2D eigenvalue weighted by Gasteiger charge is 2.23. The summed E-state index contributed by atoms with van der Waals surface area (Å²) in [5, 5.41) is 3.18. The second kappa shape index (κ2) is 7.04. The van der Waals surface area contributed by atoms with Crippen LogP contribution in [-0.2, 0) is 16.6 Å². The first-order valence-electron chi connectivity index (χ1n) is 5.96. The molecule has 0 saturated heterocycles. The van der Waals surface area contributed by atoms with Gasteiger partial charge in [0.1, 0.15) is 4.21 Å². The highest BCUT2D eigenvalue weighted by molar-refractivity contribution is 7.91. The zero-order chi connectivity index (χ0) is 13.6. The molecule has 0 aliphatic rings. The maximum Gasteiger partial charge on any atom is 0.252 e. The van der Waals surface area contributed by atoms with Gasteiger partial charge in [0.05, 0.1) is 0 Å². The quantitative estimate of drug-likeness (QED) is 0.745. The number of nitrogens with one attached hydrogen (secondary N) is 1. The van der Waals surface area contributed by atoms with E-state index in [0.29, 0.717) is 23.8 Å². The van der Waals surface area contributed by atoms with Crippen LogP contribution in [0.5, 0.6) is 0 Å². The van der Waals surface area contributed by atoms with E-state index in [4.69, 9.17) is 0 Å². The lowest BCUT2D eigenvalue weighted by atomic mass is 10.4. The van der Waals surface area contributed by atoms with Crippen LogP contribution in [-0.4, -0.2) is 32.4 Å². The second-order valence-electron chi connectivity index (χ2n) is 3.75. The number of thiophene rings is 1. The van der Waals surface area contributed by atoms with E-state index in [-0.39, 0.29) is 0 Å². The molecule has 1 heterocycles. The standard InChI is InChI=1S/C12H20N2O2S2/c1-4-9-14(6-3)18(15,16)12-8-7-11(17-12)10-13-5-2/h4,7-8,13H,1,5-6,9-10H2,2-3H3. The van der Waals surface area contributed by atoms with Crippen LogP contribution >= 0.6 is 11.3 Å². The molecule has 0 amide bonds. The summed E-state index contributed by atoms with van der Waals surface area (Å²) in [7, 11) is -3.36. The molecule has 0 radical (unpaired) electrons. The first kappa shape index (κ1) is 15.4. The van der Waals surface area contributed by atoms with Crippen molar-refractivity contribution in [3.05, 3.63) is 29.7 Å². The third-order valence-corrected chi connectivity index (χ3v) is 5.96. The molecule has 0 bridgehead atoms. The Morgan fingerprint density at radius 3 is 2.72 bits per heavy atom. The van der Waals surface area contributed by atoms with E-state index in [9.17, 15) is 8.42 Å². The number of sulfonamides is 1. The van der Waals surface area contributed by atoms with Gasteiger partial charge >= 0.3 is 0 Å². The predicted octanol–water partition coefficient (Wildman–Crippen LogP) is 2.05. The third-order valence-electron chi connectivity index (χ3n) is 2.47. The second-order valence-corrected chi connectivity index (χ2v) is 7.08. The fourth-order valence-corrected chi connectivity index (χ4v) is 4.41. The van der Waals surface area contributed by atoms with E-state index >= 15 is 0 Å². The topological polar surface area (TPSA) is 49.4 Å². The van der Waals surface area contributed by atoms with Crippen LogP contribution in [0.4, 0.5) is 0 Å². The molecule has 1 N–H and O–H groups in total. The highest BCUT2D eigenvalue weighted by atomic mass is 32.2. The minimum atomic E-state index is -3.36. The van der Waals surface area contributed by atoms with E-state index < -0.39 is 10.0 Å². The Labute approximate surface area is 113 Å². The lowest BCUT2D eigenvalue weighted by molar-refractivity contribution is 0.461. The van der Waals surface area contributed by atoms with Crippen molar-refractivity contribution in [1.82, 2.24) is 9.62 Å². The van der Waals surface area contributed by atoms with Crippen molar-refractivity contribution in [2.45, 2.75) is 24.6 Å². The summed E-state index contributed by atoms with van der Waals surface area (Å²) in [4.78, 5) is 1.03. The first-order chi connectivity index (χ1) is 8.56. The Kier molecular flexibility index (Phi) is 6.01. The molecule has 0 atom stereocenters. The van der Waals surface area contributed by atoms with Crippen LogP contribution in [0.15, 0.2) is 29.0 Å². The van der Waals surface area contributed by atoms with E-state index in [1.54, 1.807) is 12.1 Å². The molecule has 0 aromatic carbocycles. The predicted molar refractivity (Wildman–Crippen MR) is 76.3 cm³/mol. The molecule has 18 heavy (non-hydrogen) atoms. The van der Waals surface area contributed by atoms with Crippen LogP contribution in [0.2, 0.25) is 0 Å². The summed E-state index contributed by atoms with van der Waals surface area (Å²) in [6, 6.07) is 3.54. The minimum Gasteiger partial charge on any atom is -0.312 e. The van der Waals surface area contributed by atoms with Gasteiger partial charge in [-0.25, -0.2) is 8.42 Å². The SMILES string of the molecule is C=CCN(CC)S(=O)(=O)c1ccc(CNCC)s1. The smallest absolute Gasteiger partial charge is 0.252 e. The van der Waals surface area contributed by atoms with Crippen molar-refractivity contribution in [3.8, 4) is 0 Å². The summed E-state index contributed by atoms with van der Waals surface area (Å²) in [5.41, 5.74) is 0. The number of hydrogen-bond donors (Lipinski definition) is 1. The maximum absolute atomic E-state index is 12.3. The third kappa shape index (κ3) is 3.65. The molecule has 102 valence electrons. The van der Waals surface area contributed by atoms with Crippen molar-refractivity contribution in [2.24, 2.45) is 0 Å². The van der Waals surface area contributed by atoms with Crippen molar-refractivity contribution in [3.63, 3.8) is 0 Å². The van der Waals surface area contributed by atoms with Gasteiger partial charge in [0.15, 0.2) is 0 Å². The normalized spacial score (nSPS) is 11.9. The van der Waals surface area contributed by atoms with Gasteiger partial charge in [-0.15, -0.1) is 17.9 Å². The molecule has 4 nitrogen and oxygen atoms in total. The van der Waals surface area contributed by atoms with Crippen LogP contribution in [0.3, 0.4) is 0 Å². The molecule has 1 rings (SSSR count). The summed E-state index contributed by atoms with van der Waals surface area (Å²) < 4.78 is 26.4. The van der Waals surface area contributed by atoms with Gasteiger partial charge in [0.25, 0.3) is 10.0 Å². The number of rotatable bonds is 8. The summed E-state index contributed by atoms with van der Waals surface area (Å²) in [5.74, 6) is 0. The van der Waals surface area contributed by atoms with E-state index in [1.165, 1.54) is 15.6 Å². The first-order valence-corrected chi connectivity index (χ1v) is 8.22. The van der Waals surface area contributed by atoms with Gasteiger partial charge in [-0.05, 0) is 18.7 Å². The van der Waals surface area contributed by atoms with E-state index in [2.05, 4.69) is 11.9 Å². The summed E-state index contributed by atoms with van der Waals surface area (Å²) in [6.45, 7) is 9.82. The highest BCUT2D eigenvalue weighted by Crippen LogP contribution is 2.24. The van der Waals surface area contributed by atoms with Crippen LogP contribution in [0.1, 0.15) is 18.7 Å². The zero-order valence-corrected chi connectivity index (χ0v) is 12.5. The Balaban J connectivity index is 2.90. The molecular weight excluding hydrogens is 268 g/mol. The number of nitrogens with zero attached hydrogens (tertiary/aromatic N) is 1. The molecule has 0 aliphatic heterocycles. The van der Waals surface area contributed by atoms with Gasteiger partial charge in [0.2, 0.25) is 0 Å². The van der Waals surface area contributed by atoms with Gasteiger partial charge < -0.3 is 5.32 Å². The largest absolute Gasteiger partial charge is 0.312 e. The summed E-state index contributed by atoms with van der Waals surface area (Å²) in [6.07, 6.45) is 1.61. The fraction of sp³-hybridized carbons (Fsp3) is 0.500. The number of likely N-dealkylation sites (N-methyl/N-ethyl adjacent to an activating group) is 1. The molecule has 1 aromatic rings. The van der Waals surface area contributed by atoms with Crippen molar-refractivity contribution < 1.29 is 8.42 Å². The molecule has 0 spiro atoms. The zero-order valence-electron chi connectivity index (χ0n) is 10.8. The average molecular weight is 288 g/mol. The molecule has 1 aromatic heterocycles. The Bertz CT molecular complexity index is 480. The van der Waals surface area contributed by atoms with Gasteiger partial charge in [-0.2, -0.15) is 4.31 Å². The fourth-order valence-electron chi connectivity index (χ4n) is 1.51.